The molecule has 1 aromatic carbocycles. The Kier molecular flexibility index (Phi) is 6.57. The van der Waals surface area contributed by atoms with E-state index in [0.29, 0.717) is 5.56 Å². The lowest BCUT2D eigenvalue weighted by molar-refractivity contribution is -0.135. The molecule has 28 heavy (non-hydrogen) atoms. The molecule has 0 unspecified atom stereocenters. The Balaban J connectivity index is 2.15. The Morgan fingerprint density at radius 1 is 1.32 bits per heavy atom. The highest BCUT2D eigenvalue weighted by atomic mass is 32.1. The van der Waals surface area contributed by atoms with Gasteiger partial charge in [0.15, 0.2) is 5.13 Å². The van der Waals surface area contributed by atoms with Crippen LogP contribution in [0, 0.1) is 0 Å². The highest BCUT2D eigenvalue weighted by molar-refractivity contribution is 7.13. The van der Waals surface area contributed by atoms with Gasteiger partial charge in [0.2, 0.25) is 0 Å². The number of aliphatic carboxylic acids is 1. The Morgan fingerprint density at radius 3 is 2.61 bits per heavy atom. The van der Waals surface area contributed by atoms with Crippen LogP contribution < -0.4 is 16.0 Å². The quantitative estimate of drug-likeness (QED) is 0.670. The summed E-state index contributed by atoms with van der Waals surface area (Å²) in [5, 5.41) is 13.5. The molecule has 0 aliphatic heterocycles. The molecular formula is C18H22N4O5S. The monoisotopic (exact) mass is 406 g/mol. The van der Waals surface area contributed by atoms with Crippen molar-refractivity contribution in [3.05, 3.63) is 40.8 Å². The topological polar surface area (TPSA) is 135 Å². The smallest absolute Gasteiger partial charge is 0.407 e. The number of carboxylic acid groups (broad SMARTS) is 1. The van der Waals surface area contributed by atoms with E-state index < -0.39 is 30.1 Å². The predicted molar refractivity (Wildman–Crippen MR) is 105 cm³/mol. The highest BCUT2D eigenvalue weighted by Crippen LogP contribution is 2.22. The number of nitrogen functional groups attached to an aromatic ring is 1. The summed E-state index contributed by atoms with van der Waals surface area (Å²) in [6.45, 7) is 4.87. The molecule has 0 saturated heterocycles. The standard InChI is InChI=1S/C18H22N4O5S/c1-18(2,3)27-17(26)20-8-11-5-4-6-12(7-11)15(25)22(9-14(23)24)13-10-28-16(19)21-13/h4-7,10H,8-9H2,1-3H3,(H2,19,21)(H,20,26)(H,23,24). The van der Waals surface area contributed by atoms with E-state index >= 15 is 0 Å². The largest absolute Gasteiger partial charge is 0.480 e. The third-order valence-corrected chi connectivity index (χ3v) is 4.00. The number of carboxylic acids is 1. The van der Waals surface area contributed by atoms with Gasteiger partial charge in [-0.2, -0.15) is 0 Å². The fourth-order valence-electron chi connectivity index (χ4n) is 2.25. The summed E-state index contributed by atoms with van der Waals surface area (Å²) in [4.78, 5) is 40.8. The van der Waals surface area contributed by atoms with E-state index in [4.69, 9.17) is 15.6 Å². The fraction of sp³-hybridized carbons (Fsp3) is 0.333. The number of nitrogens with two attached hydrogens (primary N) is 1. The van der Waals surface area contributed by atoms with Crippen molar-refractivity contribution in [1.29, 1.82) is 0 Å². The molecule has 0 radical (unpaired) electrons. The number of nitrogens with one attached hydrogen (secondary N) is 1. The van der Waals surface area contributed by atoms with Gasteiger partial charge in [0.05, 0.1) is 0 Å². The summed E-state index contributed by atoms with van der Waals surface area (Å²) in [7, 11) is 0. The number of amides is 2. The molecule has 0 atom stereocenters. The van der Waals surface area contributed by atoms with Gasteiger partial charge in [0.25, 0.3) is 5.91 Å². The van der Waals surface area contributed by atoms with Crippen molar-refractivity contribution in [2.24, 2.45) is 0 Å². The molecule has 4 N–H and O–H groups in total. The van der Waals surface area contributed by atoms with Crippen molar-refractivity contribution in [3.63, 3.8) is 0 Å². The second-order valence-corrected chi connectivity index (χ2v) is 7.77. The van der Waals surface area contributed by atoms with Crippen molar-refractivity contribution in [2.45, 2.75) is 32.9 Å². The second-order valence-electron chi connectivity index (χ2n) is 6.88. The average Bonchev–Trinajstić information content (AvgIpc) is 3.02. The number of hydrogen-bond acceptors (Lipinski definition) is 7. The van der Waals surface area contributed by atoms with E-state index in [1.165, 1.54) is 5.38 Å². The first kappa shape index (κ1) is 21.2. The van der Waals surface area contributed by atoms with Crippen LogP contribution in [0.15, 0.2) is 29.6 Å². The average molecular weight is 406 g/mol. The van der Waals surface area contributed by atoms with Crippen LogP contribution in [0.4, 0.5) is 15.7 Å². The molecule has 0 saturated carbocycles. The van der Waals surface area contributed by atoms with Crippen LogP contribution in [0.5, 0.6) is 0 Å². The second kappa shape index (κ2) is 8.70. The van der Waals surface area contributed by atoms with Gasteiger partial charge in [-0.15, -0.1) is 11.3 Å². The molecule has 2 aromatic rings. The van der Waals surface area contributed by atoms with Gasteiger partial charge in [0.1, 0.15) is 18.0 Å². The first-order valence-corrected chi connectivity index (χ1v) is 9.23. The van der Waals surface area contributed by atoms with Gasteiger partial charge >= 0.3 is 12.1 Å². The predicted octanol–water partition coefficient (Wildman–Crippen LogP) is 2.48. The van der Waals surface area contributed by atoms with Crippen LogP contribution in [0.25, 0.3) is 0 Å². The zero-order chi connectivity index (χ0) is 20.9. The minimum absolute atomic E-state index is 0.151. The number of anilines is 2. The minimum Gasteiger partial charge on any atom is -0.480 e. The van der Waals surface area contributed by atoms with Crippen LogP contribution in [0.2, 0.25) is 0 Å². The summed E-state index contributed by atoms with van der Waals surface area (Å²) in [6.07, 6.45) is -0.574. The summed E-state index contributed by atoms with van der Waals surface area (Å²) in [5.74, 6) is -1.54. The van der Waals surface area contributed by atoms with Crippen LogP contribution in [0.1, 0.15) is 36.7 Å². The summed E-state index contributed by atoms with van der Waals surface area (Å²) in [5.41, 5.74) is 5.89. The number of ether oxygens (including phenoxy) is 1. The first-order chi connectivity index (χ1) is 13.0. The van der Waals surface area contributed by atoms with Crippen molar-refractivity contribution in [3.8, 4) is 0 Å². The van der Waals surface area contributed by atoms with Crippen molar-refractivity contribution in [1.82, 2.24) is 10.3 Å². The lowest BCUT2D eigenvalue weighted by Crippen LogP contribution is -2.36. The number of hydrogen-bond donors (Lipinski definition) is 3. The van der Waals surface area contributed by atoms with Crippen LogP contribution in [0.3, 0.4) is 0 Å². The number of nitrogens with zero attached hydrogens (tertiary/aromatic N) is 2. The normalized spacial score (nSPS) is 11.0. The number of alkyl carbamates (subject to hydrolysis) is 1. The molecule has 0 aliphatic carbocycles. The van der Waals surface area contributed by atoms with Gasteiger partial charge in [-0.3, -0.25) is 14.5 Å². The number of thiazole rings is 1. The SMILES string of the molecule is CC(C)(C)OC(=O)NCc1cccc(C(=O)N(CC(=O)O)c2csc(N)n2)c1. The number of carbonyl (C=O) groups excluding carboxylic acids is 2. The van der Waals surface area contributed by atoms with E-state index in [9.17, 15) is 14.4 Å². The van der Waals surface area contributed by atoms with Gasteiger partial charge < -0.3 is 20.9 Å². The van der Waals surface area contributed by atoms with Crippen LogP contribution in [-0.4, -0.2) is 40.2 Å². The molecule has 2 amide bonds. The number of rotatable bonds is 6. The molecule has 1 aromatic heterocycles. The molecule has 9 nitrogen and oxygen atoms in total. The first-order valence-electron chi connectivity index (χ1n) is 8.35. The maximum Gasteiger partial charge on any atom is 0.407 e. The number of benzene rings is 1. The van der Waals surface area contributed by atoms with Gasteiger partial charge in [-0.25, -0.2) is 9.78 Å². The van der Waals surface area contributed by atoms with E-state index in [-0.39, 0.29) is 23.1 Å². The van der Waals surface area contributed by atoms with Crippen LogP contribution in [-0.2, 0) is 16.1 Å². The number of carbonyl (C=O) groups is 3. The lowest BCUT2D eigenvalue weighted by atomic mass is 10.1. The molecule has 10 heteroatoms. The van der Waals surface area contributed by atoms with Gasteiger partial charge in [0, 0.05) is 17.5 Å². The van der Waals surface area contributed by atoms with E-state index in [1.54, 1.807) is 45.0 Å². The lowest BCUT2D eigenvalue weighted by Gasteiger charge is -2.20. The Morgan fingerprint density at radius 2 is 2.04 bits per heavy atom. The summed E-state index contributed by atoms with van der Waals surface area (Å²) in [6, 6.07) is 6.51. The van der Waals surface area contributed by atoms with Gasteiger partial charge in [-0.05, 0) is 38.5 Å². The zero-order valence-electron chi connectivity index (χ0n) is 15.8. The Hall–Kier alpha value is -3.14. The zero-order valence-corrected chi connectivity index (χ0v) is 16.6. The molecule has 0 spiro atoms. The third-order valence-electron chi connectivity index (χ3n) is 3.33. The maximum atomic E-state index is 12.8. The van der Waals surface area contributed by atoms with Crippen molar-refractivity contribution >= 4 is 40.3 Å². The van der Waals surface area contributed by atoms with Crippen molar-refractivity contribution in [2.75, 3.05) is 17.2 Å². The third kappa shape index (κ3) is 6.23. The summed E-state index contributed by atoms with van der Waals surface area (Å²) < 4.78 is 5.17. The molecule has 0 fully saturated rings. The van der Waals surface area contributed by atoms with Crippen molar-refractivity contribution < 1.29 is 24.2 Å². The highest BCUT2D eigenvalue weighted by Gasteiger charge is 2.23. The Bertz CT molecular complexity index is 875. The molecular weight excluding hydrogens is 384 g/mol. The van der Waals surface area contributed by atoms with E-state index in [0.717, 1.165) is 16.2 Å². The molecule has 0 bridgehead atoms. The minimum atomic E-state index is -1.18. The molecule has 1 heterocycles. The number of aromatic nitrogens is 1. The fourth-order valence-corrected chi connectivity index (χ4v) is 2.81. The van der Waals surface area contributed by atoms with Gasteiger partial charge in [-0.1, -0.05) is 12.1 Å². The van der Waals surface area contributed by atoms with Crippen LogP contribution >= 0.6 is 11.3 Å². The molecule has 150 valence electrons. The molecule has 2 rings (SSSR count). The molecule has 0 aliphatic rings. The maximum absolute atomic E-state index is 12.8. The van der Waals surface area contributed by atoms with E-state index in [1.807, 2.05) is 0 Å². The summed E-state index contributed by atoms with van der Waals surface area (Å²) >= 11 is 1.11. The Labute approximate surface area is 166 Å². The van der Waals surface area contributed by atoms with E-state index in [2.05, 4.69) is 10.3 Å².